The van der Waals surface area contributed by atoms with Crippen molar-refractivity contribution in [3.8, 4) is 0 Å². The Hall–Kier alpha value is -1.74. The minimum Gasteiger partial charge on any atom is -0.207 e. The van der Waals surface area contributed by atoms with Gasteiger partial charge in [-0.25, -0.2) is 21.1 Å². The normalized spacial score (nSPS) is 15.9. The first-order valence-electron chi connectivity index (χ1n) is 9.42. The number of aryl methyl sites for hydroxylation is 1. The minimum atomic E-state index is -3.65. The summed E-state index contributed by atoms with van der Waals surface area (Å²) >= 11 is 0. The van der Waals surface area contributed by atoms with Crippen LogP contribution >= 0.6 is 0 Å². The average Bonchev–Trinajstić information content (AvgIpc) is 3.24. The van der Waals surface area contributed by atoms with E-state index in [1.54, 1.807) is 7.05 Å². The van der Waals surface area contributed by atoms with E-state index >= 15 is 0 Å². The van der Waals surface area contributed by atoms with Gasteiger partial charge in [0.2, 0.25) is 20.0 Å². The molecule has 0 unspecified atom stereocenters. The van der Waals surface area contributed by atoms with E-state index < -0.39 is 20.0 Å². The lowest BCUT2D eigenvalue weighted by Crippen LogP contribution is -2.29. The van der Waals surface area contributed by atoms with E-state index in [1.807, 2.05) is 30.3 Å². The minimum absolute atomic E-state index is 0.107. The molecule has 0 amide bonds. The summed E-state index contributed by atoms with van der Waals surface area (Å²) in [4.78, 5) is 0.246. The highest BCUT2D eigenvalue weighted by atomic mass is 32.2. The third-order valence-corrected chi connectivity index (χ3v) is 8.80. The van der Waals surface area contributed by atoms with Crippen LogP contribution in [0.15, 0.2) is 64.4 Å². The smallest absolute Gasteiger partial charge is 0.207 e. The van der Waals surface area contributed by atoms with Crippen molar-refractivity contribution >= 4 is 20.0 Å². The monoisotopic (exact) mass is 422 g/mol. The Morgan fingerprint density at radius 2 is 1.43 bits per heavy atom. The molecule has 1 saturated heterocycles. The Bertz CT molecular complexity index is 982. The zero-order valence-electron chi connectivity index (χ0n) is 16.0. The van der Waals surface area contributed by atoms with E-state index in [4.69, 9.17) is 0 Å². The first kappa shape index (κ1) is 21.0. The molecular formula is C20H26N2O4S2. The summed E-state index contributed by atoms with van der Waals surface area (Å²) in [6.07, 6.45) is 3.23. The molecule has 1 fully saturated rings. The molecule has 28 heavy (non-hydrogen) atoms. The molecule has 0 saturated carbocycles. The van der Waals surface area contributed by atoms with Crippen molar-refractivity contribution in [3.05, 3.63) is 60.2 Å². The number of sulfonamides is 2. The number of hydrogen-bond acceptors (Lipinski definition) is 4. The molecule has 0 N–H and O–H groups in total. The number of benzene rings is 2. The summed E-state index contributed by atoms with van der Waals surface area (Å²) in [5, 5.41) is 0. The Kier molecular flexibility index (Phi) is 6.54. The van der Waals surface area contributed by atoms with Gasteiger partial charge in [0.25, 0.3) is 0 Å². The van der Waals surface area contributed by atoms with Crippen LogP contribution in [0.25, 0.3) is 0 Å². The summed E-state index contributed by atoms with van der Waals surface area (Å²) in [6.45, 7) is 1.43. The molecule has 2 aromatic carbocycles. The first-order chi connectivity index (χ1) is 13.3. The third kappa shape index (κ3) is 4.63. The highest BCUT2D eigenvalue weighted by Crippen LogP contribution is 2.23. The average molecular weight is 423 g/mol. The maximum atomic E-state index is 12.8. The number of hydrogen-bond donors (Lipinski definition) is 0. The molecular weight excluding hydrogens is 396 g/mol. The molecule has 6 nitrogen and oxygen atoms in total. The van der Waals surface area contributed by atoms with Crippen molar-refractivity contribution in [3.63, 3.8) is 0 Å². The summed E-state index contributed by atoms with van der Waals surface area (Å²) < 4.78 is 53.4. The SMILES string of the molecule is CN(CCCc1ccccc1)S(=O)(=O)c1ccc(S(=O)(=O)N2CCCC2)cc1. The van der Waals surface area contributed by atoms with Crippen LogP contribution in [-0.2, 0) is 26.5 Å². The van der Waals surface area contributed by atoms with Crippen molar-refractivity contribution in [2.45, 2.75) is 35.5 Å². The second-order valence-corrected chi connectivity index (χ2v) is 11.0. The van der Waals surface area contributed by atoms with E-state index in [9.17, 15) is 16.8 Å². The largest absolute Gasteiger partial charge is 0.243 e. The lowest BCUT2D eigenvalue weighted by molar-refractivity contribution is 0.461. The summed E-state index contributed by atoms with van der Waals surface area (Å²) in [7, 11) is -5.64. The Morgan fingerprint density at radius 3 is 2.04 bits per heavy atom. The van der Waals surface area contributed by atoms with E-state index in [0.717, 1.165) is 19.3 Å². The maximum absolute atomic E-state index is 12.8. The fraction of sp³-hybridized carbons (Fsp3) is 0.400. The van der Waals surface area contributed by atoms with Gasteiger partial charge in [-0.1, -0.05) is 30.3 Å². The highest BCUT2D eigenvalue weighted by Gasteiger charge is 2.28. The lowest BCUT2D eigenvalue weighted by atomic mass is 10.1. The summed E-state index contributed by atoms with van der Waals surface area (Å²) in [6, 6.07) is 15.5. The van der Waals surface area contributed by atoms with E-state index in [-0.39, 0.29) is 9.79 Å². The molecule has 1 heterocycles. The molecule has 1 aliphatic rings. The third-order valence-electron chi connectivity index (χ3n) is 5.02. The first-order valence-corrected chi connectivity index (χ1v) is 12.3. The second kappa shape index (κ2) is 8.73. The molecule has 152 valence electrons. The van der Waals surface area contributed by atoms with Crippen molar-refractivity contribution in [1.82, 2.24) is 8.61 Å². The van der Waals surface area contributed by atoms with Crippen LogP contribution in [0, 0.1) is 0 Å². The molecule has 1 aliphatic heterocycles. The van der Waals surface area contributed by atoms with Gasteiger partial charge >= 0.3 is 0 Å². The quantitative estimate of drug-likeness (QED) is 0.656. The molecule has 3 rings (SSSR count). The number of nitrogens with zero attached hydrogens (tertiary/aromatic N) is 2. The van der Waals surface area contributed by atoms with E-state index in [0.29, 0.717) is 26.1 Å². The molecule has 0 bridgehead atoms. The van der Waals surface area contributed by atoms with Gasteiger partial charge in [0.05, 0.1) is 9.79 Å². The standard InChI is InChI=1S/C20H26N2O4S2/c1-21(15-7-10-18-8-3-2-4-9-18)27(23,24)19-11-13-20(14-12-19)28(25,26)22-16-5-6-17-22/h2-4,8-9,11-14H,5-7,10,15-17H2,1H3. The molecule has 0 atom stereocenters. The predicted octanol–water partition coefficient (Wildman–Crippen LogP) is 2.72. The van der Waals surface area contributed by atoms with Crippen molar-refractivity contribution in [1.29, 1.82) is 0 Å². The van der Waals surface area contributed by atoms with Gasteiger partial charge < -0.3 is 0 Å². The van der Waals surface area contributed by atoms with Gasteiger partial charge in [0, 0.05) is 26.7 Å². The van der Waals surface area contributed by atoms with Crippen molar-refractivity contribution in [2.24, 2.45) is 0 Å². The number of rotatable bonds is 8. The highest BCUT2D eigenvalue weighted by molar-refractivity contribution is 7.89. The van der Waals surface area contributed by atoms with Gasteiger partial charge in [-0.15, -0.1) is 0 Å². The van der Waals surface area contributed by atoms with Gasteiger partial charge in [0.1, 0.15) is 0 Å². The molecule has 2 aromatic rings. The van der Waals surface area contributed by atoms with Gasteiger partial charge in [-0.05, 0) is 55.5 Å². The topological polar surface area (TPSA) is 74.8 Å². The van der Waals surface area contributed by atoms with Gasteiger partial charge in [-0.2, -0.15) is 4.31 Å². The summed E-state index contributed by atoms with van der Waals surface area (Å²) in [5.41, 5.74) is 1.17. The molecule has 0 radical (unpaired) electrons. The van der Waals surface area contributed by atoms with Crippen LogP contribution in [0.5, 0.6) is 0 Å². The Morgan fingerprint density at radius 1 is 0.857 bits per heavy atom. The summed E-state index contributed by atoms with van der Waals surface area (Å²) in [5.74, 6) is 0. The van der Waals surface area contributed by atoms with Crippen LogP contribution < -0.4 is 0 Å². The fourth-order valence-electron chi connectivity index (χ4n) is 3.31. The van der Waals surface area contributed by atoms with Crippen LogP contribution in [0.2, 0.25) is 0 Å². The molecule has 0 spiro atoms. The van der Waals surface area contributed by atoms with Crippen LogP contribution in [0.3, 0.4) is 0 Å². The van der Waals surface area contributed by atoms with Crippen LogP contribution in [0.4, 0.5) is 0 Å². The van der Waals surface area contributed by atoms with E-state index in [2.05, 4.69) is 0 Å². The maximum Gasteiger partial charge on any atom is 0.243 e. The molecule has 0 aliphatic carbocycles. The van der Waals surface area contributed by atoms with Crippen molar-refractivity contribution < 1.29 is 16.8 Å². The predicted molar refractivity (Wildman–Crippen MR) is 109 cm³/mol. The second-order valence-electron chi connectivity index (χ2n) is 7.00. The van der Waals surface area contributed by atoms with E-state index in [1.165, 1.54) is 38.4 Å². The molecule has 0 aromatic heterocycles. The fourth-order valence-corrected chi connectivity index (χ4v) is 6.04. The van der Waals surface area contributed by atoms with Gasteiger partial charge in [-0.3, -0.25) is 0 Å². The van der Waals surface area contributed by atoms with Crippen molar-refractivity contribution in [2.75, 3.05) is 26.7 Å². The molecule has 8 heteroatoms. The van der Waals surface area contributed by atoms with Crippen LogP contribution in [-0.4, -0.2) is 52.1 Å². The van der Waals surface area contributed by atoms with Crippen LogP contribution in [0.1, 0.15) is 24.8 Å². The van der Waals surface area contributed by atoms with Gasteiger partial charge in [0.15, 0.2) is 0 Å². The Labute approximate surface area is 167 Å². The zero-order valence-corrected chi connectivity index (χ0v) is 17.6. The zero-order chi connectivity index (χ0) is 20.2. The lowest BCUT2D eigenvalue weighted by Gasteiger charge is -2.18. The Balaban J connectivity index is 1.66.